The average molecular weight is 537 g/mol. The molecule has 13 nitrogen and oxygen atoms in total. The molecule has 6 amide bonds. The number of ether oxygens (including phenoxy) is 1. The summed E-state index contributed by atoms with van der Waals surface area (Å²) < 4.78 is 5.25. The van der Waals surface area contributed by atoms with Gasteiger partial charge < -0.3 is 41.3 Å². The molecule has 6 N–H and O–H groups in total. The number of primary amides is 1. The van der Waals surface area contributed by atoms with E-state index in [-0.39, 0.29) is 44.0 Å². The number of hydrogen-bond acceptors (Lipinski definition) is 6. The van der Waals surface area contributed by atoms with Crippen LogP contribution in [0, 0.1) is 11.8 Å². The third-order valence-corrected chi connectivity index (χ3v) is 6.01. The van der Waals surface area contributed by atoms with Gasteiger partial charge >= 0.3 is 18.2 Å². The molecular weight excluding hydrogens is 496 g/mol. The third-order valence-electron chi connectivity index (χ3n) is 6.01. The molecule has 13 heteroatoms. The van der Waals surface area contributed by atoms with E-state index in [1.807, 2.05) is 13.8 Å². The van der Waals surface area contributed by atoms with Crippen LogP contribution in [-0.4, -0.2) is 84.7 Å². The number of nitrogens with one attached hydrogen (secondary N) is 3. The fourth-order valence-corrected chi connectivity index (χ4v) is 3.05. The van der Waals surface area contributed by atoms with Crippen molar-refractivity contribution >= 4 is 35.7 Å². The van der Waals surface area contributed by atoms with Gasteiger partial charge in [-0.05, 0) is 36.5 Å². The summed E-state index contributed by atoms with van der Waals surface area (Å²) in [5.74, 6) is -0.823. The van der Waals surface area contributed by atoms with Gasteiger partial charge in [-0.1, -0.05) is 32.9 Å². The van der Waals surface area contributed by atoms with Crippen LogP contribution in [0.25, 0.3) is 0 Å². The number of carboxylic acid groups (broad SMARTS) is 1. The molecule has 2 atom stereocenters. The van der Waals surface area contributed by atoms with Crippen molar-refractivity contribution in [2.24, 2.45) is 17.6 Å². The average Bonchev–Trinajstić information content (AvgIpc) is 2.86. The number of carbonyl (C=O) groups is 5. The Hall–Kier alpha value is -4.03. The Morgan fingerprint density at radius 2 is 1.58 bits per heavy atom. The van der Waals surface area contributed by atoms with Gasteiger partial charge in [-0.3, -0.25) is 9.59 Å². The van der Waals surface area contributed by atoms with Crippen LogP contribution in [0.15, 0.2) is 24.3 Å². The Bertz CT molecular complexity index is 954. The maximum absolute atomic E-state index is 12.9. The van der Waals surface area contributed by atoms with E-state index in [2.05, 4.69) is 16.0 Å². The summed E-state index contributed by atoms with van der Waals surface area (Å²) in [4.78, 5) is 61.7. The lowest BCUT2D eigenvalue weighted by atomic mass is 9.96. The first-order valence-corrected chi connectivity index (χ1v) is 12.4. The zero-order valence-electron chi connectivity index (χ0n) is 22.7. The molecule has 0 fully saturated rings. The number of amides is 6. The van der Waals surface area contributed by atoms with Gasteiger partial charge in [-0.2, -0.15) is 0 Å². The second kappa shape index (κ2) is 15.9. The van der Waals surface area contributed by atoms with E-state index in [0.29, 0.717) is 24.1 Å². The van der Waals surface area contributed by atoms with Crippen LogP contribution in [0.5, 0.6) is 0 Å². The number of carbonyl (C=O) groups excluding carboxylic acids is 4. The van der Waals surface area contributed by atoms with Crippen molar-refractivity contribution in [3.05, 3.63) is 29.8 Å². The second-order valence-corrected chi connectivity index (χ2v) is 9.39. The van der Waals surface area contributed by atoms with Crippen LogP contribution >= 0.6 is 0 Å². The fourth-order valence-electron chi connectivity index (χ4n) is 3.05. The molecule has 1 rings (SSSR count). The molecule has 38 heavy (non-hydrogen) atoms. The molecule has 0 radical (unpaired) electrons. The number of likely N-dealkylation sites (N-methyl/N-ethyl adjacent to an activating group) is 2. The van der Waals surface area contributed by atoms with E-state index in [1.54, 1.807) is 31.2 Å². The Balaban J connectivity index is 2.68. The highest BCUT2D eigenvalue weighted by atomic mass is 16.6. The van der Waals surface area contributed by atoms with E-state index in [9.17, 15) is 24.0 Å². The van der Waals surface area contributed by atoms with E-state index >= 15 is 0 Å². The van der Waals surface area contributed by atoms with Crippen LogP contribution < -0.4 is 21.7 Å². The lowest BCUT2D eigenvalue weighted by Gasteiger charge is -2.22. The standard InChI is InChI=1S/C25H40N6O7/c1-16(2)17(3)21(32)29-20(7-6-12-27-23(26)34)22(33)28-19-10-8-18(9-11-19)15-38-25(37)31(5)14-13-30(4)24(35)36/h8-11,16-17,20H,6-7,12-15H2,1-5H3,(H,28,33)(H,29,32)(H,35,36)(H3,26,27,34)/t17-,20-/m0/s1. The molecule has 0 saturated carbocycles. The smallest absolute Gasteiger partial charge is 0.409 e. The molecule has 212 valence electrons. The van der Waals surface area contributed by atoms with Gasteiger partial charge in [0.15, 0.2) is 0 Å². The summed E-state index contributed by atoms with van der Waals surface area (Å²) >= 11 is 0. The predicted molar refractivity (Wildman–Crippen MR) is 141 cm³/mol. The van der Waals surface area contributed by atoms with Gasteiger partial charge in [0, 0.05) is 45.3 Å². The van der Waals surface area contributed by atoms with Gasteiger partial charge in [0.05, 0.1) is 0 Å². The maximum atomic E-state index is 12.9. The van der Waals surface area contributed by atoms with Crippen LogP contribution in [0.3, 0.4) is 0 Å². The first-order chi connectivity index (χ1) is 17.8. The molecule has 0 aliphatic heterocycles. The van der Waals surface area contributed by atoms with Crippen LogP contribution in [-0.2, 0) is 20.9 Å². The largest absolute Gasteiger partial charge is 0.465 e. The van der Waals surface area contributed by atoms with Gasteiger partial charge in [-0.15, -0.1) is 0 Å². The topological polar surface area (TPSA) is 183 Å². The van der Waals surface area contributed by atoms with Gasteiger partial charge in [0.25, 0.3) is 0 Å². The minimum atomic E-state index is -1.09. The Labute approximate surface area is 223 Å². The van der Waals surface area contributed by atoms with E-state index < -0.39 is 30.2 Å². The third kappa shape index (κ3) is 11.8. The highest BCUT2D eigenvalue weighted by Crippen LogP contribution is 2.14. The first-order valence-electron chi connectivity index (χ1n) is 12.4. The molecule has 1 aromatic rings. The van der Waals surface area contributed by atoms with Crippen molar-refractivity contribution in [1.29, 1.82) is 0 Å². The van der Waals surface area contributed by atoms with Crippen molar-refractivity contribution in [3.63, 3.8) is 0 Å². The zero-order valence-corrected chi connectivity index (χ0v) is 22.7. The number of benzene rings is 1. The van der Waals surface area contributed by atoms with Crippen LogP contribution in [0.1, 0.15) is 39.2 Å². The summed E-state index contributed by atoms with van der Waals surface area (Å²) in [6, 6.07) is 5.20. The molecule has 0 saturated heterocycles. The fraction of sp³-hybridized carbons (Fsp3) is 0.560. The SMILES string of the molecule is CC(C)[C@H](C)C(=O)N[C@@H](CCCNC(N)=O)C(=O)Nc1ccc(COC(=O)N(C)CCN(C)C(=O)O)cc1. The van der Waals surface area contributed by atoms with Crippen LogP contribution in [0.4, 0.5) is 20.1 Å². The number of urea groups is 1. The summed E-state index contributed by atoms with van der Waals surface area (Å²) in [7, 11) is 2.92. The van der Waals surface area contributed by atoms with E-state index in [1.165, 1.54) is 19.0 Å². The van der Waals surface area contributed by atoms with Crippen molar-refractivity contribution in [2.45, 2.75) is 46.3 Å². The van der Waals surface area contributed by atoms with Gasteiger partial charge in [0.2, 0.25) is 11.8 Å². The first kappa shape index (κ1) is 32.0. The Kier molecular flexibility index (Phi) is 13.4. The van der Waals surface area contributed by atoms with Crippen molar-refractivity contribution in [1.82, 2.24) is 20.4 Å². The van der Waals surface area contributed by atoms with Gasteiger partial charge in [-0.25, -0.2) is 14.4 Å². The molecule has 0 unspecified atom stereocenters. The molecule has 0 bridgehead atoms. The minimum absolute atomic E-state index is 0.00912. The lowest BCUT2D eigenvalue weighted by Crippen LogP contribution is -2.46. The molecule has 0 aliphatic carbocycles. The predicted octanol–water partition coefficient (Wildman–Crippen LogP) is 2.03. The van der Waals surface area contributed by atoms with Crippen molar-refractivity contribution < 1.29 is 33.8 Å². The van der Waals surface area contributed by atoms with Gasteiger partial charge in [0.1, 0.15) is 12.6 Å². The molecule has 1 aromatic carbocycles. The molecule has 0 spiro atoms. The second-order valence-electron chi connectivity index (χ2n) is 9.39. The Morgan fingerprint density at radius 3 is 2.13 bits per heavy atom. The molecular formula is C25H40N6O7. The maximum Gasteiger partial charge on any atom is 0.409 e. The number of rotatable bonds is 14. The normalized spacial score (nSPS) is 12.2. The van der Waals surface area contributed by atoms with E-state index in [4.69, 9.17) is 15.6 Å². The molecule has 0 heterocycles. The minimum Gasteiger partial charge on any atom is -0.465 e. The highest BCUT2D eigenvalue weighted by Gasteiger charge is 2.25. The molecule has 0 aromatic heterocycles. The highest BCUT2D eigenvalue weighted by molar-refractivity contribution is 5.97. The number of nitrogens with zero attached hydrogens (tertiary/aromatic N) is 2. The summed E-state index contributed by atoms with van der Waals surface area (Å²) in [6.45, 7) is 6.23. The number of anilines is 1. The quantitative estimate of drug-likeness (QED) is 0.225. The van der Waals surface area contributed by atoms with E-state index in [0.717, 1.165) is 4.90 Å². The van der Waals surface area contributed by atoms with Crippen molar-refractivity contribution in [3.8, 4) is 0 Å². The summed E-state index contributed by atoms with van der Waals surface area (Å²) in [5.41, 5.74) is 6.25. The monoisotopic (exact) mass is 536 g/mol. The van der Waals surface area contributed by atoms with Crippen molar-refractivity contribution in [2.75, 3.05) is 39.0 Å². The lowest BCUT2D eigenvalue weighted by molar-refractivity contribution is -0.130. The number of nitrogens with two attached hydrogens (primary N) is 1. The Morgan fingerprint density at radius 1 is 0.974 bits per heavy atom. The number of hydrogen-bond donors (Lipinski definition) is 5. The molecule has 0 aliphatic rings. The van der Waals surface area contributed by atoms with Crippen LogP contribution in [0.2, 0.25) is 0 Å². The summed E-state index contributed by atoms with van der Waals surface area (Å²) in [5, 5.41) is 16.9. The zero-order chi connectivity index (χ0) is 28.8. The summed E-state index contributed by atoms with van der Waals surface area (Å²) in [6.07, 6.45) is -0.950.